The number of nitro benzene ring substituents is 1. The molecule has 1 aliphatic rings. The molecular formula is C23H29N3O4. The highest BCUT2D eigenvalue weighted by Gasteiger charge is 2.29. The fourth-order valence-corrected chi connectivity index (χ4v) is 3.99. The van der Waals surface area contributed by atoms with Gasteiger partial charge in [0.15, 0.2) is 0 Å². The number of ether oxygens (including phenoxy) is 1. The van der Waals surface area contributed by atoms with Gasteiger partial charge in [-0.2, -0.15) is 0 Å². The number of nitro groups is 1. The lowest BCUT2D eigenvalue weighted by Gasteiger charge is -2.34. The molecule has 7 heteroatoms. The molecule has 0 saturated carbocycles. The molecule has 0 radical (unpaired) electrons. The third-order valence-corrected chi connectivity index (χ3v) is 5.53. The Labute approximate surface area is 177 Å². The standard InChI is InChI=1S/C23H29N3O4/c1-17-14-18(2)16-20(15-17)30-13-12-24(3)23(27)19-8-10-25(11-9-19)21-6-4-5-7-22(21)26(28)29/h4-7,14-16,19H,8-13H2,1-3H3. The Bertz CT molecular complexity index is 887. The number of piperidine rings is 1. The van der Waals surface area contributed by atoms with E-state index in [-0.39, 0.29) is 22.4 Å². The minimum Gasteiger partial charge on any atom is -0.492 e. The van der Waals surface area contributed by atoms with E-state index in [1.54, 1.807) is 17.0 Å². The average molecular weight is 412 g/mol. The van der Waals surface area contributed by atoms with E-state index in [9.17, 15) is 14.9 Å². The highest BCUT2D eigenvalue weighted by molar-refractivity contribution is 5.79. The summed E-state index contributed by atoms with van der Waals surface area (Å²) >= 11 is 0. The molecule has 3 rings (SSSR count). The largest absolute Gasteiger partial charge is 0.492 e. The van der Waals surface area contributed by atoms with Crippen LogP contribution in [0.25, 0.3) is 0 Å². The zero-order valence-electron chi connectivity index (χ0n) is 17.8. The monoisotopic (exact) mass is 411 g/mol. The molecule has 1 heterocycles. The molecule has 30 heavy (non-hydrogen) atoms. The van der Waals surface area contributed by atoms with E-state index in [1.165, 1.54) is 6.07 Å². The Morgan fingerprint density at radius 1 is 1.17 bits per heavy atom. The van der Waals surface area contributed by atoms with Gasteiger partial charge in [-0.1, -0.05) is 18.2 Å². The van der Waals surface area contributed by atoms with Gasteiger partial charge in [0, 0.05) is 32.1 Å². The Morgan fingerprint density at radius 3 is 2.43 bits per heavy atom. The third-order valence-electron chi connectivity index (χ3n) is 5.53. The first-order valence-corrected chi connectivity index (χ1v) is 10.3. The molecule has 1 amide bonds. The first kappa shape index (κ1) is 21.6. The smallest absolute Gasteiger partial charge is 0.292 e. The quantitative estimate of drug-likeness (QED) is 0.509. The van der Waals surface area contributed by atoms with Crippen LogP contribution in [0.5, 0.6) is 5.75 Å². The van der Waals surface area contributed by atoms with Crippen molar-refractivity contribution >= 4 is 17.3 Å². The maximum absolute atomic E-state index is 12.8. The number of nitrogens with zero attached hydrogens (tertiary/aromatic N) is 3. The highest BCUT2D eigenvalue weighted by Crippen LogP contribution is 2.31. The number of rotatable bonds is 7. The number of carbonyl (C=O) groups excluding carboxylic acids is 1. The normalized spacial score (nSPS) is 14.4. The summed E-state index contributed by atoms with van der Waals surface area (Å²) in [5.41, 5.74) is 3.05. The fourth-order valence-electron chi connectivity index (χ4n) is 3.99. The first-order valence-electron chi connectivity index (χ1n) is 10.3. The zero-order valence-corrected chi connectivity index (χ0v) is 17.8. The second-order valence-electron chi connectivity index (χ2n) is 7.94. The minimum absolute atomic E-state index is 0.0600. The van der Waals surface area contributed by atoms with Gasteiger partial charge in [0.1, 0.15) is 18.0 Å². The van der Waals surface area contributed by atoms with E-state index in [0.29, 0.717) is 44.8 Å². The molecule has 0 N–H and O–H groups in total. The van der Waals surface area contributed by atoms with Crippen LogP contribution in [0.2, 0.25) is 0 Å². The number of hydrogen-bond donors (Lipinski definition) is 0. The number of hydrogen-bond acceptors (Lipinski definition) is 5. The number of aryl methyl sites for hydroxylation is 2. The lowest BCUT2D eigenvalue weighted by atomic mass is 9.95. The van der Waals surface area contributed by atoms with E-state index < -0.39 is 0 Å². The molecule has 1 fully saturated rings. The Morgan fingerprint density at radius 2 is 1.80 bits per heavy atom. The van der Waals surface area contributed by atoms with E-state index in [0.717, 1.165) is 16.9 Å². The summed E-state index contributed by atoms with van der Waals surface area (Å²) in [5.74, 6) is 0.877. The summed E-state index contributed by atoms with van der Waals surface area (Å²) < 4.78 is 5.82. The van der Waals surface area contributed by atoms with Crippen molar-refractivity contribution < 1.29 is 14.5 Å². The molecule has 0 aromatic heterocycles. The molecule has 2 aromatic carbocycles. The van der Waals surface area contributed by atoms with Crippen LogP contribution in [0.1, 0.15) is 24.0 Å². The van der Waals surface area contributed by atoms with Crippen LogP contribution in [0.3, 0.4) is 0 Å². The molecular weight excluding hydrogens is 382 g/mol. The van der Waals surface area contributed by atoms with Crippen LogP contribution in [0.4, 0.5) is 11.4 Å². The summed E-state index contributed by atoms with van der Waals surface area (Å²) in [6.45, 7) is 6.30. The van der Waals surface area contributed by atoms with E-state index in [2.05, 4.69) is 6.07 Å². The summed E-state index contributed by atoms with van der Waals surface area (Å²) in [6.07, 6.45) is 1.38. The van der Waals surface area contributed by atoms with Gasteiger partial charge in [-0.05, 0) is 56.0 Å². The molecule has 2 aromatic rings. The Hall–Kier alpha value is -3.09. The minimum atomic E-state index is -0.351. The van der Waals surface area contributed by atoms with Crippen LogP contribution in [0, 0.1) is 29.9 Å². The Balaban J connectivity index is 1.49. The molecule has 0 spiro atoms. The Kier molecular flexibility index (Phi) is 6.92. The molecule has 0 aliphatic carbocycles. The van der Waals surface area contributed by atoms with Crippen molar-refractivity contribution in [2.45, 2.75) is 26.7 Å². The van der Waals surface area contributed by atoms with Gasteiger partial charge < -0.3 is 14.5 Å². The predicted octanol–water partition coefficient (Wildman–Crippen LogP) is 3.97. The topological polar surface area (TPSA) is 75.9 Å². The second-order valence-corrected chi connectivity index (χ2v) is 7.94. The number of benzene rings is 2. The maximum Gasteiger partial charge on any atom is 0.292 e. The van der Waals surface area contributed by atoms with Gasteiger partial charge >= 0.3 is 0 Å². The van der Waals surface area contributed by atoms with Crippen LogP contribution < -0.4 is 9.64 Å². The van der Waals surface area contributed by atoms with Crippen molar-refractivity contribution in [3.63, 3.8) is 0 Å². The molecule has 0 bridgehead atoms. The average Bonchev–Trinajstić information content (AvgIpc) is 2.72. The van der Waals surface area contributed by atoms with E-state index in [1.807, 2.05) is 44.0 Å². The number of likely N-dealkylation sites (N-methyl/N-ethyl adjacent to an activating group) is 1. The molecule has 160 valence electrons. The van der Waals surface area contributed by atoms with Gasteiger partial charge in [-0.25, -0.2) is 0 Å². The molecule has 0 atom stereocenters. The molecule has 1 saturated heterocycles. The van der Waals surface area contributed by atoms with Gasteiger partial charge in [0.05, 0.1) is 11.5 Å². The lowest BCUT2D eigenvalue weighted by Crippen LogP contribution is -2.42. The highest BCUT2D eigenvalue weighted by atomic mass is 16.6. The van der Waals surface area contributed by atoms with Gasteiger partial charge in [-0.15, -0.1) is 0 Å². The van der Waals surface area contributed by atoms with Crippen LogP contribution >= 0.6 is 0 Å². The van der Waals surface area contributed by atoms with Crippen molar-refractivity contribution in [1.82, 2.24) is 4.90 Å². The first-order chi connectivity index (χ1) is 14.3. The van der Waals surface area contributed by atoms with Gasteiger partial charge in [0.2, 0.25) is 5.91 Å². The maximum atomic E-state index is 12.8. The number of amides is 1. The lowest BCUT2D eigenvalue weighted by molar-refractivity contribution is -0.384. The van der Waals surface area contributed by atoms with Crippen molar-refractivity contribution in [2.75, 3.05) is 38.2 Å². The number of carbonyl (C=O) groups is 1. The van der Waals surface area contributed by atoms with E-state index in [4.69, 9.17) is 4.74 Å². The number of para-hydroxylation sites is 2. The summed E-state index contributed by atoms with van der Waals surface area (Å²) in [6, 6.07) is 12.9. The van der Waals surface area contributed by atoms with Crippen molar-refractivity contribution in [1.29, 1.82) is 0 Å². The summed E-state index contributed by atoms with van der Waals surface area (Å²) in [5, 5.41) is 11.3. The SMILES string of the molecule is Cc1cc(C)cc(OCCN(C)C(=O)C2CCN(c3ccccc3[N+](=O)[O-])CC2)c1. The van der Waals surface area contributed by atoms with E-state index >= 15 is 0 Å². The molecule has 0 unspecified atom stereocenters. The fraction of sp³-hybridized carbons (Fsp3) is 0.435. The van der Waals surface area contributed by atoms with Crippen LogP contribution in [-0.4, -0.2) is 49.0 Å². The number of anilines is 1. The van der Waals surface area contributed by atoms with Crippen molar-refractivity contribution in [3.8, 4) is 5.75 Å². The summed E-state index contributed by atoms with van der Waals surface area (Å²) in [7, 11) is 1.81. The van der Waals surface area contributed by atoms with Crippen LogP contribution in [0.15, 0.2) is 42.5 Å². The van der Waals surface area contributed by atoms with Crippen molar-refractivity contribution in [3.05, 3.63) is 63.7 Å². The van der Waals surface area contributed by atoms with Gasteiger partial charge in [-0.3, -0.25) is 14.9 Å². The van der Waals surface area contributed by atoms with Crippen molar-refractivity contribution in [2.24, 2.45) is 5.92 Å². The third kappa shape index (κ3) is 5.28. The zero-order chi connectivity index (χ0) is 21.7. The molecule has 1 aliphatic heterocycles. The van der Waals surface area contributed by atoms with Crippen LogP contribution in [-0.2, 0) is 4.79 Å². The summed E-state index contributed by atoms with van der Waals surface area (Å²) in [4.78, 5) is 27.5. The molecule has 7 nitrogen and oxygen atoms in total. The predicted molar refractivity (Wildman–Crippen MR) is 117 cm³/mol. The second kappa shape index (κ2) is 9.61. The van der Waals surface area contributed by atoms with Gasteiger partial charge in [0.25, 0.3) is 5.69 Å².